The molecule has 5 heteroatoms. The lowest BCUT2D eigenvalue weighted by molar-refractivity contribution is -0.0251. The number of ether oxygens (including phenoxy) is 2. The quantitative estimate of drug-likeness (QED) is 0.683. The number of hydrogen-bond donors (Lipinski definition) is 0. The van der Waals surface area contributed by atoms with E-state index < -0.39 is 6.29 Å². The van der Waals surface area contributed by atoms with Crippen molar-refractivity contribution < 1.29 is 14.3 Å². The first-order chi connectivity index (χ1) is 12.3. The minimum atomic E-state index is -0.661. The van der Waals surface area contributed by atoms with Crippen molar-refractivity contribution in [2.75, 3.05) is 0 Å². The highest BCUT2D eigenvalue weighted by Crippen LogP contribution is 2.30. The summed E-state index contributed by atoms with van der Waals surface area (Å²) in [6.07, 6.45) is 5.32. The van der Waals surface area contributed by atoms with E-state index in [4.69, 9.17) is 9.47 Å². The zero-order valence-corrected chi connectivity index (χ0v) is 13.0. The van der Waals surface area contributed by atoms with E-state index in [1.54, 1.807) is 24.4 Å². The SMILES string of the molecule is N#Cc1ccc(C(=O)c2cnccc2C2OC=CO2)c2ccccc12. The van der Waals surface area contributed by atoms with Gasteiger partial charge in [-0.25, -0.2) is 0 Å². The van der Waals surface area contributed by atoms with Crippen LogP contribution in [0.25, 0.3) is 10.8 Å². The number of nitrogens with zero attached hydrogens (tertiary/aromatic N) is 2. The maximum atomic E-state index is 13.2. The molecule has 1 aliphatic heterocycles. The second-order valence-corrected chi connectivity index (χ2v) is 5.49. The van der Waals surface area contributed by atoms with Crippen LogP contribution in [0.15, 0.2) is 67.4 Å². The zero-order valence-electron chi connectivity index (χ0n) is 13.0. The Labute approximate surface area is 143 Å². The third-order valence-electron chi connectivity index (χ3n) is 4.10. The van der Waals surface area contributed by atoms with E-state index in [1.807, 2.05) is 24.3 Å². The van der Waals surface area contributed by atoms with Crippen LogP contribution < -0.4 is 0 Å². The number of rotatable bonds is 3. The van der Waals surface area contributed by atoms with Crippen LogP contribution in [0.2, 0.25) is 0 Å². The summed E-state index contributed by atoms with van der Waals surface area (Å²) in [6.45, 7) is 0. The van der Waals surface area contributed by atoms with Crippen LogP contribution in [0.4, 0.5) is 0 Å². The predicted octanol–water partition coefficient (Wildman–Crippen LogP) is 3.85. The van der Waals surface area contributed by atoms with Crippen LogP contribution in [0.3, 0.4) is 0 Å². The third-order valence-corrected chi connectivity index (χ3v) is 4.10. The van der Waals surface area contributed by atoms with Gasteiger partial charge in [-0.15, -0.1) is 0 Å². The lowest BCUT2D eigenvalue weighted by Gasteiger charge is -2.15. The highest BCUT2D eigenvalue weighted by atomic mass is 16.7. The summed E-state index contributed by atoms with van der Waals surface area (Å²) in [4.78, 5) is 17.3. The molecule has 0 fully saturated rings. The molecule has 0 aliphatic carbocycles. The van der Waals surface area contributed by atoms with Crippen molar-refractivity contribution in [1.82, 2.24) is 4.98 Å². The molecule has 2 heterocycles. The lowest BCUT2D eigenvalue weighted by Crippen LogP contribution is -2.10. The van der Waals surface area contributed by atoms with E-state index in [9.17, 15) is 10.1 Å². The molecule has 1 aromatic heterocycles. The van der Waals surface area contributed by atoms with E-state index in [0.717, 1.165) is 10.8 Å². The highest BCUT2D eigenvalue weighted by molar-refractivity contribution is 6.17. The Bertz CT molecular complexity index is 1040. The number of benzene rings is 2. The van der Waals surface area contributed by atoms with Gasteiger partial charge >= 0.3 is 0 Å². The van der Waals surface area contributed by atoms with Crippen LogP contribution in [0, 0.1) is 11.3 Å². The van der Waals surface area contributed by atoms with E-state index in [1.165, 1.54) is 18.7 Å². The Morgan fingerprint density at radius 2 is 1.76 bits per heavy atom. The van der Waals surface area contributed by atoms with Crippen LogP contribution in [0.1, 0.15) is 33.3 Å². The van der Waals surface area contributed by atoms with Gasteiger partial charge in [0.1, 0.15) is 12.5 Å². The van der Waals surface area contributed by atoms with Crippen molar-refractivity contribution in [1.29, 1.82) is 5.26 Å². The molecule has 4 rings (SSSR count). The van der Waals surface area contributed by atoms with Crippen molar-refractivity contribution >= 4 is 16.6 Å². The number of pyridine rings is 1. The molecule has 0 bridgehead atoms. The van der Waals surface area contributed by atoms with Gasteiger partial charge in [-0.05, 0) is 23.6 Å². The largest absolute Gasteiger partial charge is 0.455 e. The lowest BCUT2D eigenvalue weighted by atomic mass is 9.93. The zero-order chi connectivity index (χ0) is 17.2. The van der Waals surface area contributed by atoms with Crippen molar-refractivity contribution in [2.45, 2.75) is 6.29 Å². The topological polar surface area (TPSA) is 72.2 Å². The number of nitriles is 1. The normalized spacial score (nSPS) is 13.2. The average molecular weight is 328 g/mol. The van der Waals surface area contributed by atoms with E-state index in [-0.39, 0.29) is 5.78 Å². The Hall–Kier alpha value is -3.65. The molecule has 0 amide bonds. The van der Waals surface area contributed by atoms with Gasteiger partial charge in [0.05, 0.1) is 17.2 Å². The fourth-order valence-electron chi connectivity index (χ4n) is 2.93. The maximum absolute atomic E-state index is 13.2. The van der Waals surface area contributed by atoms with Crippen molar-refractivity contribution in [3.05, 3.63) is 89.6 Å². The second-order valence-electron chi connectivity index (χ2n) is 5.49. The number of carbonyl (C=O) groups excluding carboxylic acids is 1. The third kappa shape index (κ3) is 2.50. The number of carbonyl (C=O) groups is 1. The first-order valence-electron chi connectivity index (χ1n) is 7.66. The van der Waals surface area contributed by atoms with Crippen LogP contribution in [-0.2, 0) is 9.47 Å². The number of ketones is 1. The molecular weight excluding hydrogens is 316 g/mol. The van der Waals surface area contributed by atoms with Crippen molar-refractivity contribution in [3.8, 4) is 6.07 Å². The monoisotopic (exact) mass is 328 g/mol. The van der Waals surface area contributed by atoms with Gasteiger partial charge in [-0.3, -0.25) is 9.78 Å². The minimum Gasteiger partial charge on any atom is -0.455 e. The van der Waals surface area contributed by atoms with Crippen molar-refractivity contribution in [2.24, 2.45) is 0 Å². The Morgan fingerprint density at radius 1 is 1.00 bits per heavy atom. The smallest absolute Gasteiger partial charge is 0.267 e. The van der Waals surface area contributed by atoms with Gasteiger partial charge in [0.15, 0.2) is 5.78 Å². The molecule has 25 heavy (non-hydrogen) atoms. The molecule has 0 spiro atoms. The maximum Gasteiger partial charge on any atom is 0.267 e. The Kier molecular flexibility index (Phi) is 3.64. The van der Waals surface area contributed by atoms with Gasteiger partial charge in [0.2, 0.25) is 0 Å². The van der Waals surface area contributed by atoms with Gasteiger partial charge in [0, 0.05) is 28.9 Å². The van der Waals surface area contributed by atoms with Crippen LogP contribution >= 0.6 is 0 Å². The van der Waals surface area contributed by atoms with Gasteiger partial charge in [-0.1, -0.05) is 24.3 Å². The molecular formula is C20H12N2O3. The van der Waals surface area contributed by atoms with Gasteiger partial charge in [-0.2, -0.15) is 5.26 Å². The molecule has 2 aromatic carbocycles. The van der Waals surface area contributed by atoms with Crippen molar-refractivity contribution in [3.63, 3.8) is 0 Å². The molecule has 5 nitrogen and oxygen atoms in total. The fourth-order valence-corrected chi connectivity index (χ4v) is 2.93. The Balaban J connectivity index is 1.86. The van der Waals surface area contributed by atoms with Gasteiger partial charge < -0.3 is 9.47 Å². The standard InChI is InChI=1S/C20H12N2O3/c21-11-13-5-6-16(15-4-2-1-3-14(13)15)19(23)18-12-22-8-7-17(18)20-24-9-10-25-20/h1-10,12,20H. The molecule has 0 unspecified atom stereocenters. The van der Waals surface area contributed by atoms with Crippen LogP contribution in [0.5, 0.6) is 0 Å². The van der Waals surface area contributed by atoms with Crippen LogP contribution in [-0.4, -0.2) is 10.8 Å². The predicted molar refractivity (Wildman–Crippen MR) is 90.4 cm³/mol. The first-order valence-corrected chi connectivity index (χ1v) is 7.66. The molecule has 0 saturated carbocycles. The molecule has 0 N–H and O–H groups in total. The second kappa shape index (κ2) is 6.10. The van der Waals surface area contributed by atoms with E-state index >= 15 is 0 Å². The number of fused-ring (bicyclic) bond motifs is 1. The Morgan fingerprint density at radius 3 is 2.52 bits per heavy atom. The molecule has 0 atom stereocenters. The number of aromatic nitrogens is 1. The fraction of sp³-hybridized carbons (Fsp3) is 0.0500. The summed E-state index contributed by atoms with van der Waals surface area (Å²) in [6, 6.07) is 14.6. The van der Waals surface area contributed by atoms with Gasteiger partial charge in [0.25, 0.3) is 6.29 Å². The van der Waals surface area contributed by atoms with E-state index in [2.05, 4.69) is 11.1 Å². The summed E-state index contributed by atoms with van der Waals surface area (Å²) in [5.41, 5.74) is 2.06. The molecule has 1 aliphatic rings. The molecule has 0 saturated heterocycles. The molecule has 120 valence electrons. The summed E-state index contributed by atoms with van der Waals surface area (Å²) < 4.78 is 10.7. The number of hydrogen-bond acceptors (Lipinski definition) is 5. The average Bonchev–Trinajstić information content (AvgIpc) is 3.21. The summed E-state index contributed by atoms with van der Waals surface area (Å²) in [5, 5.41) is 10.8. The van der Waals surface area contributed by atoms with E-state index in [0.29, 0.717) is 22.3 Å². The highest BCUT2D eigenvalue weighted by Gasteiger charge is 2.24. The summed E-state index contributed by atoms with van der Waals surface area (Å²) >= 11 is 0. The molecule has 3 aromatic rings. The first kappa shape index (κ1) is 14.9. The minimum absolute atomic E-state index is 0.192. The summed E-state index contributed by atoms with van der Waals surface area (Å²) in [7, 11) is 0. The molecule has 0 radical (unpaired) electrons. The summed E-state index contributed by atoms with van der Waals surface area (Å²) in [5.74, 6) is -0.192.